The number of esters is 1. The van der Waals surface area contributed by atoms with Gasteiger partial charge in [-0.2, -0.15) is 5.26 Å². The smallest absolute Gasteiger partial charge is 0.311 e. The van der Waals surface area contributed by atoms with Crippen LogP contribution in [0.15, 0.2) is 76.9 Å². The number of aryl methyl sites for hydroxylation is 1. The van der Waals surface area contributed by atoms with E-state index in [1.54, 1.807) is 36.4 Å². The topological polar surface area (TPSA) is 102 Å². The second-order valence-corrected chi connectivity index (χ2v) is 7.19. The van der Waals surface area contributed by atoms with Crippen molar-refractivity contribution >= 4 is 18.0 Å². The highest BCUT2D eigenvalue weighted by molar-refractivity contribution is 6.01. The Morgan fingerprint density at radius 1 is 1.09 bits per heavy atom. The zero-order chi connectivity index (χ0) is 23.5. The van der Waals surface area contributed by atoms with Crippen molar-refractivity contribution in [3.05, 3.63) is 89.4 Å². The zero-order valence-electron chi connectivity index (χ0n) is 18.2. The number of carbonyl (C=O) groups is 2. The number of para-hydroxylation sites is 1. The molecule has 0 spiro atoms. The summed E-state index contributed by atoms with van der Waals surface area (Å²) in [5.74, 6) is 0.922. The van der Waals surface area contributed by atoms with Crippen molar-refractivity contribution in [3.8, 4) is 17.6 Å². The van der Waals surface area contributed by atoms with Gasteiger partial charge in [-0.25, -0.2) is 0 Å². The van der Waals surface area contributed by atoms with Crippen LogP contribution >= 0.6 is 0 Å². The highest BCUT2D eigenvalue weighted by Crippen LogP contribution is 2.18. The molecule has 0 fully saturated rings. The zero-order valence-corrected chi connectivity index (χ0v) is 18.2. The first kappa shape index (κ1) is 23.4. The molecule has 7 nitrogen and oxygen atoms in total. The summed E-state index contributed by atoms with van der Waals surface area (Å²) in [7, 11) is 0. The van der Waals surface area contributed by atoms with Gasteiger partial charge in [-0.15, -0.1) is 0 Å². The number of amides is 1. The monoisotopic (exact) mass is 444 g/mol. The van der Waals surface area contributed by atoms with Gasteiger partial charge in [0.25, 0.3) is 5.91 Å². The molecule has 1 amide bonds. The Bertz CT molecular complexity index is 1140. The lowest BCUT2D eigenvalue weighted by Gasteiger charge is -2.08. The van der Waals surface area contributed by atoms with Crippen LogP contribution in [-0.2, 0) is 16.1 Å². The summed E-state index contributed by atoms with van der Waals surface area (Å²) in [4.78, 5) is 24.3. The quantitative estimate of drug-likeness (QED) is 0.162. The van der Waals surface area contributed by atoms with Gasteiger partial charge in [0.2, 0.25) is 0 Å². The van der Waals surface area contributed by atoms with Crippen LogP contribution in [0.2, 0.25) is 0 Å². The Labute approximate surface area is 192 Å². The maximum atomic E-state index is 12.2. The van der Waals surface area contributed by atoms with Crippen molar-refractivity contribution in [2.24, 2.45) is 0 Å². The molecule has 1 heterocycles. The minimum absolute atomic E-state index is 0.0417. The predicted molar refractivity (Wildman–Crippen MR) is 122 cm³/mol. The van der Waals surface area contributed by atoms with Crippen LogP contribution in [0.3, 0.4) is 0 Å². The van der Waals surface area contributed by atoms with Gasteiger partial charge in [0.15, 0.2) is 0 Å². The summed E-state index contributed by atoms with van der Waals surface area (Å²) < 4.78 is 16.2. The van der Waals surface area contributed by atoms with E-state index in [0.717, 1.165) is 11.3 Å². The summed E-state index contributed by atoms with van der Waals surface area (Å²) in [6, 6.07) is 19.6. The fourth-order valence-corrected chi connectivity index (χ4v) is 2.92. The highest BCUT2D eigenvalue weighted by atomic mass is 16.5. The largest absolute Gasteiger partial charge is 0.493 e. The molecule has 0 radical (unpaired) electrons. The standard InChI is InChI=1S/C26H24N2O5/c1-19-6-2-3-8-24(19)32-15-5-9-25(29)33-22-12-10-20(11-13-22)16-21(17-27)26(30)28-18-23-7-4-14-31-23/h2-4,6-8,10-14,16H,5,9,15,18H2,1H3,(H,28,30)/b21-16+. The van der Waals surface area contributed by atoms with E-state index in [9.17, 15) is 14.9 Å². The first-order valence-electron chi connectivity index (χ1n) is 10.5. The average Bonchev–Trinajstić information content (AvgIpc) is 3.34. The number of nitrogens with one attached hydrogen (secondary N) is 1. The molecule has 0 saturated heterocycles. The molecule has 0 bridgehead atoms. The number of hydrogen-bond donors (Lipinski definition) is 1. The first-order chi connectivity index (χ1) is 16.0. The molecule has 7 heteroatoms. The molecule has 2 aromatic carbocycles. The minimum atomic E-state index is -0.502. The number of carbonyl (C=O) groups excluding carboxylic acids is 2. The van der Waals surface area contributed by atoms with Gasteiger partial charge >= 0.3 is 5.97 Å². The van der Waals surface area contributed by atoms with E-state index < -0.39 is 5.91 Å². The molecule has 0 aliphatic heterocycles. The molecule has 1 aromatic heterocycles. The number of furan rings is 1. The van der Waals surface area contributed by atoms with Crippen LogP contribution in [0.4, 0.5) is 0 Å². The van der Waals surface area contributed by atoms with Crippen molar-refractivity contribution in [1.29, 1.82) is 5.26 Å². The van der Waals surface area contributed by atoms with Crippen molar-refractivity contribution in [2.45, 2.75) is 26.3 Å². The van der Waals surface area contributed by atoms with Crippen LogP contribution in [0.25, 0.3) is 6.08 Å². The Hall–Kier alpha value is -4.31. The summed E-state index contributed by atoms with van der Waals surface area (Å²) in [5.41, 5.74) is 1.63. The third kappa shape index (κ3) is 7.40. The fraction of sp³-hybridized carbons (Fsp3) is 0.192. The average molecular weight is 444 g/mol. The lowest BCUT2D eigenvalue weighted by molar-refractivity contribution is -0.134. The molecular weight excluding hydrogens is 420 g/mol. The molecule has 0 aliphatic rings. The third-order valence-electron chi connectivity index (χ3n) is 4.67. The summed E-state index contributed by atoms with van der Waals surface area (Å²) in [5, 5.41) is 11.9. The third-order valence-corrected chi connectivity index (χ3v) is 4.67. The summed E-state index contributed by atoms with van der Waals surface area (Å²) in [6.45, 7) is 2.58. The normalized spacial score (nSPS) is 10.8. The molecule has 1 N–H and O–H groups in total. The molecule has 0 saturated carbocycles. The van der Waals surface area contributed by atoms with E-state index in [1.807, 2.05) is 37.3 Å². The van der Waals surface area contributed by atoms with Crippen LogP contribution in [-0.4, -0.2) is 18.5 Å². The molecule has 3 rings (SSSR count). The number of hydrogen-bond acceptors (Lipinski definition) is 6. The molecular formula is C26H24N2O5. The van der Waals surface area contributed by atoms with Gasteiger partial charge < -0.3 is 19.2 Å². The van der Waals surface area contributed by atoms with Crippen molar-refractivity contribution in [2.75, 3.05) is 6.61 Å². The number of rotatable bonds is 10. The molecule has 0 aliphatic carbocycles. The van der Waals surface area contributed by atoms with Gasteiger partial charge in [0, 0.05) is 6.42 Å². The summed E-state index contributed by atoms with van der Waals surface area (Å²) >= 11 is 0. The van der Waals surface area contributed by atoms with Crippen LogP contribution in [0, 0.1) is 18.3 Å². The van der Waals surface area contributed by atoms with Gasteiger partial charge in [-0.05, 0) is 60.9 Å². The second kappa shape index (κ2) is 11.9. The number of ether oxygens (including phenoxy) is 2. The van der Waals surface area contributed by atoms with E-state index in [-0.39, 0.29) is 24.5 Å². The maximum absolute atomic E-state index is 12.2. The lowest BCUT2D eigenvalue weighted by atomic mass is 10.1. The van der Waals surface area contributed by atoms with Gasteiger partial charge in [0.1, 0.15) is 28.9 Å². The van der Waals surface area contributed by atoms with E-state index in [0.29, 0.717) is 30.1 Å². The van der Waals surface area contributed by atoms with Gasteiger partial charge in [-0.3, -0.25) is 9.59 Å². The summed E-state index contributed by atoms with van der Waals surface area (Å²) in [6.07, 6.45) is 3.73. The predicted octanol–water partition coefficient (Wildman–Crippen LogP) is 4.58. The highest BCUT2D eigenvalue weighted by Gasteiger charge is 2.10. The van der Waals surface area contributed by atoms with Gasteiger partial charge in [0.05, 0.1) is 19.4 Å². The lowest BCUT2D eigenvalue weighted by Crippen LogP contribution is -2.23. The SMILES string of the molecule is Cc1ccccc1OCCCC(=O)Oc1ccc(/C=C(\C#N)C(=O)NCc2ccco2)cc1. The maximum Gasteiger partial charge on any atom is 0.311 e. The number of nitriles is 1. The molecule has 0 atom stereocenters. The minimum Gasteiger partial charge on any atom is -0.493 e. The second-order valence-electron chi connectivity index (χ2n) is 7.19. The van der Waals surface area contributed by atoms with Crippen LogP contribution in [0.5, 0.6) is 11.5 Å². The van der Waals surface area contributed by atoms with Crippen LogP contribution in [0.1, 0.15) is 29.7 Å². The Morgan fingerprint density at radius 2 is 1.88 bits per heavy atom. The Morgan fingerprint density at radius 3 is 2.58 bits per heavy atom. The number of nitrogens with zero attached hydrogens (tertiary/aromatic N) is 1. The van der Waals surface area contributed by atoms with E-state index in [1.165, 1.54) is 12.3 Å². The van der Waals surface area contributed by atoms with Crippen molar-refractivity contribution in [3.63, 3.8) is 0 Å². The Kier molecular flexibility index (Phi) is 8.43. The van der Waals surface area contributed by atoms with Crippen molar-refractivity contribution < 1.29 is 23.5 Å². The van der Waals surface area contributed by atoms with Gasteiger partial charge in [-0.1, -0.05) is 30.3 Å². The van der Waals surface area contributed by atoms with Crippen molar-refractivity contribution in [1.82, 2.24) is 5.32 Å². The molecule has 0 unspecified atom stereocenters. The van der Waals surface area contributed by atoms with E-state index in [2.05, 4.69) is 5.32 Å². The van der Waals surface area contributed by atoms with Crippen LogP contribution < -0.4 is 14.8 Å². The van der Waals surface area contributed by atoms with E-state index >= 15 is 0 Å². The molecule has 3 aromatic rings. The molecule has 33 heavy (non-hydrogen) atoms. The Balaban J connectivity index is 1.45. The molecule has 168 valence electrons. The number of benzene rings is 2. The fourth-order valence-electron chi connectivity index (χ4n) is 2.92. The van der Waals surface area contributed by atoms with E-state index in [4.69, 9.17) is 13.9 Å². The first-order valence-corrected chi connectivity index (χ1v) is 10.5.